The minimum absolute atomic E-state index is 0.133. The van der Waals surface area contributed by atoms with E-state index in [1.54, 1.807) is 0 Å². The van der Waals surface area contributed by atoms with Gasteiger partial charge < -0.3 is 0 Å². The number of hydrogen-bond donors (Lipinski definition) is 1. The van der Waals surface area contributed by atoms with E-state index in [0.717, 1.165) is 11.4 Å². The predicted molar refractivity (Wildman–Crippen MR) is 99.3 cm³/mol. The fraction of sp³-hybridized carbons (Fsp3) is 0.0476. The van der Waals surface area contributed by atoms with E-state index in [4.69, 9.17) is 0 Å². The second-order valence-corrected chi connectivity index (χ2v) is 5.71. The highest BCUT2D eigenvalue weighted by Crippen LogP contribution is 2.30. The molecule has 3 heteroatoms. The monoisotopic (exact) mass is 313 g/mol. The number of hydrogen-bond acceptors (Lipinski definition) is 3. The molecule has 24 heavy (non-hydrogen) atoms. The number of hydrazine groups is 2. The molecule has 0 aliphatic carbocycles. The third kappa shape index (κ3) is 2.90. The summed E-state index contributed by atoms with van der Waals surface area (Å²) >= 11 is 0. The van der Waals surface area contributed by atoms with Crippen molar-refractivity contribution in [2.75, 3.05) is 10.0 Å². The van der Waals surface area contributed by atoms with Crippen LogP contribution in [0, 0.1) is 0 Å². The Morgan fingerprint density at radius 2 is 1.17 bits per heavy atom. The Hall–Kier alpha value is -3.04. The lowest BCUT2D eigenvalue weighted by Crippen LogP contribution is -2.52. The van der Waals surface area contributed by atoms with Crippen LogP contribution in [-0.2, 0) is 0 Å². The first-order valence-corrected chi connectivity index (χ1v) is 8.10. The van der Waals surface area contributed by atoms with Gasteiger partial charge in [-0.1, -0.05) is 66.7 Å². The molecule has 0 bridgehead atoms. The standard InChI is InChI=1S/C21H19N3/c1-4-10-18(11-5-1)21-16-17-23(19-12-6-2-7-13-19)22-24(21)20-14-8-3-9-15-20/h1-17,21-22H. The molecule has 0 aromatic heterocycles. The maximum atomic E-state index is 3.51. The maximum absolute atomic E-state index is 3.51. The minimum atomic E-state index is 0.133. The third-order valence-corrected chi connectivity index (χ3v) is 4.12. The molecule has 1 aliphatic heterocycles. The Bertz CT molecular complexity index is 800. The van der Waals surface area contributed by atoms with Gasteiger partial charge in [0.05, 0.1) is 17.4 Å². The lowest BCUT2D eigenvalue weighted by Gasteiger charge is -2.40. The summed E-state index contributed by atoms with van der Waals surface area (Å²) in [6.07, 6.45) is 4.30. The van der Waals surface area contributed by atoms with Gasteiger partial charge in [-0.3, -0.25) is 10.0 Å². The van der Waals surface area contributed by atoms with Crippen molar-refractivity contribution in [1.29, 1.82) is 0 Å². The van der Waals surface area contributed by atoms with Gasteiger partial charge in [-0.25, -0.2) is 0 Å². The number of benzene rings is 3. The Morgan fingerprint density at radius 1 is 0.625 bits per heavy atom. The molecule has 1 atom stereocenters. The van der Waals surface area contributed by atoms with Crippen LogP contribution in [-0.4, -0.2) is 0 Å². The first-order chi connectivity index (χ1) is 11.9. The quantitative estimate of drug-likeness (QED) is 0.757. The van der Waals surface area contributed by atoms with Crippen LogP contribution in [0.2, 0.25) is 0 Å². The first-order valence-electron chi connectivity index (χ1n) is 8.10. The average molecular weight is 313 g/mol. The summed E-state index contributed by atoms with van der Waals surface area (Å²) in [5.74, 6) is 0. The van der Waals surface area contributed by atoms with Gasteiger partial charge in [-0.2, -0.15) is 0 Å². The molecule has 0 radical (unpaired) electrons. The zero-order valence-corrected chi connectivity index (χ0v) is 13.3. The molecule has 1 heterocycles. The summed E-state index contributed by atoms with van der Waals surface area (Å²) in [5.41, 5.74) is 6.98. The molecule has 1 aliphatic rings. The third-order valence-electron chi connectivity index (χ3n) is 4.12. The maximum Gasteiger partial charge on any atom is 0.0920 e. The number of anilines is 2. The van der Waals surface area contributed by atoms with Crippen molar-refractivity contribution in [2.45, 2.75) is 6.04 Å². The largest absolute Gasteiger partial charge is 0.279 e. The number of rotatable bonds is 3. The smallest absolute Gasteiger partial charge is 0.0920 e. The summed E-state index contributed by atoms with van der Waals surface area (Å²) in [6, 6.07) is 31.3. The fourth-order valence-electron chi connectivity index (χ4n) is 2.91. The Morgan fingerprint density at radius 3 is 1.79 bits per heavy atom. The zero-order chi connectivity index (χ0) is 16.2. The van der Waals surface area contributed by atoms with Crippen LogP contribution in [0.3, 0.4) is 0 Å². The van der Waals surface area contributed by atoms with Crippen molar-refractivity contribution in [3.05, 3.63) is 109 Å². The van der Waals surface area contributed by atoms with E-state index >= 15 is 0 Å². The highest BCUT2D eigenvalue weighted by atomic mass is 15.8. The van der Waals surface area contributed by atoms with Crippen LogP contribution in [0.4, 0.5) is 11.4 Å². The molecule has 0 saturated heterocycles. The van der Waals surface area contributed by atoms with Crippen molar-refractivity contribution < 1.29 is 0 Å². The minimum Gasteiger partial charge on any atom is -0.279 e. The van der Waals surface area contributed by atoms with Crippen molar-refractivity contribution in [3.8, 4) is 0 Å². The molecular weight excluding hydrogens is 294 g/mol. The van der Waals surface area contributed by atoms with Crippen LogP contribution in [0.1, 0.15) is 11.6 Å². The number of nitrogens with one attached hydrogen (secondary N) is 1. The van der Waals surface area contributed by atoms with Crippen molar-refractivity contribution in [2.24, 2.45) is 0 Å². The normalized spacial score (nSPS) is 17.1. The molecule has 3 aromatic rings. The van der Waals surface area contributed by atoms with E-state index in [1.165, 1.54) is 5.56 Å². The van der Waals surface area contributed by atoms with E-state index in [0.29, 0.717) is 0 Å². The van der Waals surface area contributed by atoms with Crippen molar-refractivity contribution in [1.82, 2.24) is 5.53 Å². The Balaban J connectivity index is 1.73. The fourth-order valence-corrected chi connectivity index (χ4v) is 2.91. The molecule has 0 saturated carbocycles. The van der Waals surface area contributed by atoms with E-state index in [1.807, 2.05) is 35.3 Å². The highest BCUT2D eigenvalue weighted by Gasteiger charge is 2.24. The second-order valence-electron chi connectivity index (χ2n) is 5.71. The molecule has 4 rings (SSSR count). The first kappa shape index (κ1) is 14.5. The lowest BCUT2D eigenvalue weighted by molar-refractivity contribution is 0.560. The Kier molecular flexibility index (Phi) is 4.00. The van der Waals surface area contributed by atoms with Crippen LogP contribution >= 0.6 is 0 Å². The van der Waals surface area contributed by atoms with E-state index in [-0.39, 0.29) is 6.04 Å². The molecule has 3 nitrogen and oxygen atoms in total. The second kappa shape index (κ2) is 6.60. The van der Waals surface area contributed by atoms with Gasteiger partial charge in [0.15, 0.2) is 0 Å². The van der Waals surface area contributed by atoms with Crippen molar-refractivity contribution in [3.63, 3.8) is 0 Å². The lowest BCUT2D eigenvalue weighted by atomic mass is 10.1. The van der Waals surface area contributed by atoms with Crippen LogP contribution in [0.15, 0.2) is 103 Å². The van der Waals surface area contributed by atoms with E-state index < -0.39 is 0 Å². The molecular formula is C21H19N3. The zero-order valence-electron chi connectivity index (χ0n) is 13.3. The van der Waals surface area contributed by atoms with Gasteiger partial charge in [0.2, 0.25) is 0 Å². The summed E-state index contributed by atoms with van der Waals surface area (Å²) in [6.45, 7) is 0. The summed E-state index contributed by atoms with van der Waals surface area (Å²) < 4.78 is 0. The van der Waals surface area contributed by atoms with Gasteiger partial charge >= 0.3 is 0 Å². The van der Waals surface area contributed by atoms with Crippen LogP contribution < -0.4 is 15.6 Å². The molecule has 0 spiro atoms. The molecule has 3 aromatic carbocycles. The summed E-state index contributed by atoms with van der Waals surface area (Å²) in [4.78, 5) is 0. The molecule has 1 N–H and O–H groups in total. The van der Waals surface area contributed by atoms with Gasteiger partial charge in [0.1, 0.15) is 0 Å². The number of para-hydroxylation sites is 2. The molecule has 1 unspecified atom stereocenters. The van der Waals surface area contributed by atoms with Gasteiger partial charge in [-0.15, -0.1) is 5.53 Å². The average Bonchev–Trinajstić information content (AvgIpc) is 2.69. The van der Waals surface area contributed by atoms with Gasteiger partial charge in [0.25, 0.3) is 0 Å². The molecule has 118 valence electrons. The molecule has 0 fully saturated rings. The Labute approximate surface area is 142 Å². The van der Waals surface area contributed by atoms with Crippen LogP contribution in [0.5, 0.6) is 0 Å². The van der Waals surface area contributed by atoms with E-state index in [2.05, 4.69) is 83.5 Å². The van der Waals surface area contributed by atoms with E-state index in [9.17, 15) is 0 Å². The van der Waals surface area contributed by atoms with Crippen LogP contribution in [0.25, 0.3) is 0 Å². The summed E-state index contributed by atoms with van der Waals surface area (Å²) in [7, 11) is 0. The number of nitrogens with zero attached hydrogens (tertiary/aromatic N) is 2. The van der Waals surface area contributed by atoms with Gasteiger partial charge in [-0.05, 0) is 35.9 Å². The van der Waals surface area contributed by atoms with Gasteiger partial charge in [0, 0.05) is 6.20 Å². The summed E-state index contributed by atoms with van der Waals surface area (Å²) in [5, 5.41) is 4.22. The SMILES string of the molecule is C1=CN(c2ccccc2)NN(c2ccccc2)C1c1ccccc1. The topological polar surface area (TPSA) is 18.5 Å². The van der Waals surface area contributed by atoms with Crippen molar-refractivity contribution >= 4 is 11.4 Å². The molecule has 0 amide bonds. The predicted octanol–water partition coefficient (Wildman–Crippen LogP) is 4.69. The highest BCUT2D eigenvalue weighted by molar-refractivity contribution is 5.55.